The standard InChI is InChI=1S/C38H30N4O5S2/c1-46-29-18-14-25(15-19-29)33-24-48-38(41-33)42-37(45)34(26-9-4-2-5-10-26)49-31-20-16-28(17-21-31)39-36(44)32(23-30-13-8-22-47-30)40-35(43)27-11-6-3-7-12-27/h2-24,34H,1H3,(H,39,44)(H,40,43)(H,41,42,45)/b32-23-. The Kier molecular flexibility index (Phi) is 10.6. The van der Waals surface area contributed by atoms with Gasteiger partial charge in [-0.2, -0.15) is 0 Å². The van der Waals surface area contributed by atoms with Gasteiger partial charge in [0.25, 0.3) is 11.8 Å². The number of thiazole rings is 1. The van der Waals surface area contributed by atoms with Crippen molar-refractivity contribution >= 4 is 57.7 Å². The van der Waals surface area contributed by atoms with E-state index in [1.54, 1.807) is 61.7 Å². The molecule has 6 rings (SSSR count). The summed E-state index contributed by atoms with van der Waals surface area (Å²) in [5.74, 6) is -0.0128. The van der Waals surface area contributed by atoms with Crippen LogP contribution in [0.5, 0.6) is 5.75 Å². The van der Waals surface area contributed by atoms with E-state index in [2.05, 4.69) is 20.9 Å². The number of aromatic nitrogens is 1. The van der Waals surface area contributed by atoms with E-state index in [0.717, 1.165) is 27.5 Å². The molecule has 2 aromatic heterocycles. The first-order valence-corrected chi connectivity index (χ1v) is 16.9. The monoisotopic (exact) mass is 686 g/mol. The largest absolute Gasteiger partial charge is 0.497 e. The number of amides is 3. The fourth-order valence-electron chi connectivity index (χ4n) is 4.71. The maximum atomic E-state index is 13.7. The Labute approximate surface area is 291 Å². The van der Waals surface area contributed by atoms with Crippen molar-refractivity contribution in [2.24, 2.45) is 0 Å². The zero-order valence-electron chi connectivity index (χ0n) is 26.2. The number of rotatable bonds is 12. The number of hydrogen-bond acceptors (Lipinski definition) is 8. The van der Waals surface area contributed by atoms with Gasteiger partial charge >= 0.3 is 0 Å². The Morgan fingerprint density at radius 1 is 0.837 bits per heavy atom. The molecule has 0 aliphatic heterocycles. The van der Waals surface area contributed by atoms with Crippen LogP contribution < -0.4 is 20.7 Å². The van der Waals surface area contributed by atoms with Gasteiger partial charge in [-0.25, -0.2) is 4.98 Å². The van der Waals surface area contributed by atoms with Crippen LogP contribution in [-0.4, -0.2) is 29.8 Å². The number of ether oxygens (including phenoxy) is 1. The maximum absolute atomic E-state index is 13.7. The summed E-state index contributed by atoms with van der Waals surface area (Å²) < 4.78 is 10.6. The number of benzene rings is 4. The number of carbonyl (C=O) groups excluding carboxylic acids is 3. The minimum absolute atomic E-state index is 0.0143. The van der Waals surface area contributed by atoms with Crippen molar-refractivity contribution in [3.8, 4) is 17.0 Å². The van der Waals surface area contributed by atoms with Crippen LogP contribution in [0.25, 0.3) is 17.3 Å². The van der Waals surface area contributed by atoms with Crippen molar-refractivity contribution in [1.29, 1.82) is 0 Å². The first-order valence-electron chi connectivity index (χ1n) is 15.1. The summed E-state index contributed by atoms with van der Waals surface area (Å²) in [4.78, 5) is 45.3. The van der Waals surface area contributed by atoms with Crippen LogP contribution in [0.1, 0.15) is 26.9 Å². The van der Waals surface area contributed by atoms with Gasteiger partial charge in [0.2, 0.25) is 5.91 Å². The number of nitrogens with zero attached hydrogens (tertiary/aromatic N) is 1. The van der Waals surface area contributed by atoms with Gasteiger partial charge in [-0.15, -0.1) is 23.1 Å². The molecule has 49 heavy (non-hydrogen) atoms. The lowest BCUT2D eigenvalue weighted by atomic mass is 10.1. The van der Waals surface area contributed by atoms with Gasteiger partial charge in [0.15, 0.2) is 5.13 Å². The zero-order chi connectivity index (χ0) is 34.0. The van der Waals surface area contributed by atoms with Crippen molar-refractivity contribution < 1.29 is 23.5 Å². The van der Waals surface area contributed by atoms with Gasteiger partial charge in [0.1, 0.15) is 22.5 Å². The highest BCUT2D eigenvalue weighted by Crippen LogP contribution is 2.37. The van der Waals surface area contributed by atoms with Crippen LogP contribution in [0.15, 0.2) is 148 Å². The van der Waals surface area contributed by atoms with Gasteiger partial charge in [-0.05, 0) is 78.4 Å². The van der Waals surface area contributed by atoms with E-state index in [1.807, 2.05) is 72.1 Å². The maximum Gasteiger partial charge on any atom is 0.272 e. The summed E-state index contributed by atoms with van der Waals surface area (Å²) in [7, 11) is 1.62. The molecule has 0 saturated carbocycles. The lowest BCUT2D eigenvalue weighted by Crippen LogP contribution is -2.30. The van der Waals surface area contributed by atoms with Gasteiger partial charge < -0.3 is 25.1 Å². The Bertz CT molecular complexity index is 2050. The van der Waals surface area contributed by atoms with E-state index in [-0.39, 0.29) is 11.6 Å². The SMILES string of the molecule is COc1ccc(-c2csc(NC(=O)C(Sc3ccc(NC(=O)/C(=C/c4ccco4)NC(=O)c4ccccc4)cc3)c3ccccc3)n2)cc1. The predicted octanol–water partition coefficient (Wildman–Crippen LogP) is 8.29. The number of thioether (sulfide) groups is 1. The van der Waals surface area contributed by atoms with Gasteiger partial charge in [-0.3, -0.25) is 14.4 Å². The Balaban J connectivity index is 1.15. The van der Waals surface area contributed by atoms with Crippen LogP contribution >= 0.6 is 23.1 Å². The number of nitrogens with one attached hydrogen (secondary N) is 3. The first kappa shape index (κ1) is 33.0. The van der Waals surface area contributed by atoms with Crippen molar-refractivity contribution in [2.75, 3.05) is 17.7 Å². The fraction of sp³-hybridized carbons (Fsp3) is 0.0526. The average Bonchev–Trinajstić information content (AvgIpc) is 3.84. The van der Waals surface area contributed by atoms with Crippen LogP contribution in [0.2, 0.25) is 0 Å². The number of anilines is 2. The van der Waals surface area contributed by atoms with E-state index in [1.165, 1.54) is 35.4 Å². The molecule has 0 saturated heterocycles. The second kappa shape index (κ2) is 15.8. The van der Waals surface area contributed by atoms with E-state index >= 15 is 0 Å². The molecule has 1 atom stereocenters. The summed E-state index contributed by atoms with van der Waals surface area (Å²) >= 11 is 2.73. The predicted molar refractivity (Wildman–Crippen MR) is 193 cm³/mol. The highest BCUT2D eigenvalue weighted by atomic mass is 32.2. The van der Waals surface area contributed by atoms with Crippen LogP contribution in [0.3, 0.4) is 0 Å². The molecular weight excluding hydrogens is 657 g/mol. The van der Waals surface area contributed by atoms with E-state index in [4.69, 9.17) is 9.15 Å². The summed E-state index contributed by atoms with van der Waals surface area (Å²) in [6, 6.07) is 36.2. The molecule has 3 amide bonds. The normalized spacial score (nSPS) is 11.7. The molecule has 0 aliphatic rings. The van der Waals surface area contributed by atoms with E-state index in [0.29, 0.717) is 22.1 Å². The van der Waals surface area contributed by atoms with Gasteiger partial charge in [-0.1, -0.05) is 48.5 Å². The molecular formula is C38H30N4O5S2. The average molecular weight is 687 g/mol. The molecule has 11 heteroatoms. The number of carbonyl (C=O) groups is 3. The smallest absolute Gasteiger partial charge is 0.272 e. The Morgan fingerprint density at radius 3 is 2.22 bits per heavy atom. The minimum atomic E-state index is -0.578. The summed E-state index contributed by atoms with van der Waals surface area (Å²) in [5.41, 5.74) is 3.43. The van der Waals surface area contributed by atoms with Gasteiger partial charge in [0.05, 0.1) is 19.1 Å². The molecule has 0 spiro atoms. The fourth-order valence-corrected chi connectivity index (χ4v) is 6.45. The quantitative estimate of drug-likeness (QED) is 0.0875. The summed E-state index contributed by atoms with van der Waals surface area (Å²) in [6.45, 7) is 0. The van der Waals surface area contributed by atoms with Crippen molar-refractivity contribution in [1.82, 2.24) is 10.3 Å². The molecule has 244 valence electrons. The minimum Gasteiger partial charge on any atom is -0.497 e. The summed E-state index contributed by atoms with van der Waals surface area (Å²) in [6.07, 6.45) is 2.95. The van der Waals surface area contributed by atoms with Crippen molar-refractivity contribution in [3.05, 3.63) is 156 Å². The van der Waals surface area contributed by atoms with Crippen LogP contribution in [-0.2, 0) is 9.59 Å². The number of methoxy groups -OCH3 is 1. The highest BCUT2D eigenvalue weighted by molar-refractivity contribution is 8.00. The number of hydrogen-bond donors (Lipinski definition) is 3. The van der Waals surface area contributed by atoms with Gasteiger partial charge in [0, 0.05) is 33.2 Å². The molecule has 2 heterocycles. The van der Waals surface area contributed by atoms with E-state index in [9.17, 15) is 14.4 Å². The third kappa shape index (κ3) is 8.72. The lowest BCUT2D eigenvalue weighted by molar-refractivity contribution is -0.116. The van der Waals surface area contributed by atoms with Crippen molar-refractivity contribution in [3.63, 3.8) is 0 Å². The Morgan fingerprint density at radius 2 is 1.55 bits per heavy atom. The molecule has 0 radical (unpaired) electrons. The van der Waals surface area contributed by atoms with E-state index < -0.39 is 17.1 Å². The second-order valence-corrected chi connectivity index (χ2v) is 12.6. The lowest BCUT2D eigenvalue weighted by Gasteiger charge is -2.16. The first-order chi connectivity index (χ1) is 23.9. The Hall–Kier alpha value is -5.91. The third-order valence-electron chi connectivity index (χ3n) is 7.19. The molecule has 4 aromatic carbocycles. The molecule has 0 aliphatic carbocycles. The highest BCUT2D eigenvalue weighted by Gasteiger charge is 2.24. The third-order valence-corrected chi connectivity index (χ3v) is 9.21. The number of furan rings is 1. The molecule has 6 aromatic rings. The molecule has 1 unspecified atom stereocenters. The summed E-state index contributed by atoms with van der Waals surface area (Å²) in [5, 5.41) is 10.3. The molecule has 0 fully saturated rings. The van der Waals surface area contributed by atoms with Crippen LogP contribution in [0, 0.1) is 0 Å². The molecule has 0 bridgehead atoms. The van der Waals surface area contributed by atoms with Crippen molar-refractivity contribution in [2.45, 2.75) is 10.1 Å². The molecule has 9 nitrogen and oxygen atoms in total. The van der Waals surface area contributed by atoms with Crippen LogP contribution in [0.4, 0.5) is 10.8 Å². The second-order valence-electron chi connectivity index (χ2n) is 10.5. The molecule has 3 N–H and O–H groups in total. The topological polar surface area (TPSA) is 123 Å². The zero-order valence-corrected chi connectivity index (χ0v) is 27.8.